The molecule has 0 aliphatic rings. The van der Waals surface area contributed by atoms with Crippen LogP contribution in [-0.2, 0) is 4.79 Å². The van der Waals surface area contributed by atoms with Crippen molar-refractivity contribution in [3.63, 3.8) is 0 Å². The van der Waals surface area contributed by atoms with Gasteiger partial charge in [-0.2, -0.15) is 0 Å². The molecule has 48 valence electrons. The van der Waals surface area contributed by atoms with Crippen molar-refractivity contribution in [3.05, 3.63) is 0 Å². The second-order valence-corrected chi connectivity index (χ2v) is 2.13. The number of hydrogen-bond donors (Lipinski definition) is 3. The van der Waals surface area contributed by atoms with Crippen LogP contribution in [0.3, 0.4) is 0 Å². The van der Waals surface area contributed by atoms with Gasteiger partial charge in [-0.25, -0.2) is 0 Å². The molecule has 0 aromatic heterocycles. The van der Waals surface area contributed by atoms with E-state index in [1.54, 1.807) is 0 Å². The number of hydrogen-bond acceptors (Lipinski definition) is 4. The van der Waals surface area contributed by atoms with Crippen molar-refractivity contribution in [1.29, 1.82) is 0 Å². The third-order valence-electron chi connectivity index (χ3n) is 0.840. The number of nitrogens with one attached hydrogen (secondary N) is 1. The maximum atomic E-state index is 10.3. The minimum atomic E-state index is -1.65. The molecule has 4 heteroatoms. The maximum Gasteiger partial charge on any atom is 0.221 e. The summed E-state index contributed by atoms with van der Waals surface area (Å²) < 4.78 is 0. The molecule has 0 aliphatic carbocycles. The summed E-state index contributed by atoms with van der Waals surface area (Å²) in [6, 6.07) is 0. The highest BCUT2D eigenvalue weighted by atomic mass is 32.1. The van der Waals surface area contributed by atoms with Gasteiger partial charge in [0.2, 0.25) is 5.06 Å². The van der Waals surface area contributed by atoms with Crippen molar-refractivity contribution in [3.8, 4) is 0 Å². The average Bonchev–Trinajstić information content (AvgIpc) is 1.67. The van der Waals surface area contributed by atoms with Crippen LogP contribution >= 0.6 is 12.6 Å². The predicted molar refractivity (Wildman–Crippen MR) is 33.7 cm³/mol. The molecule has 2 N–H and O–H groups in total. The number of carbonyl (C=O) groups is 1. The SMILES string of the molecule is CN[C@@](O)(S)C(C)=O. The monoisotopic (exact) mass is 135 g/mol. The average molecular weight is 135 g/mol. The number of thiol groups is 1. The van der Waals surface area contributed by atoms with Crippen LogP contribution in [-0.4, -0.2) is 23.0 Å². The predicted octanol–water partition coefficient (Wildman–Crippen LogP) is -0.629. The lowest BCUT2D eigenvalue weighted by Crippen LogP contribution is -2.43. The Bertz CT molecular complexity index is 102. The summed E-state index contributed by atoms with van der Waals surface area (Å²) in [4.78, 5) is 10.3. The van der Waals surface area contributed by atoms with E-state index in [-0.39, 0.29) is 0 Å². The molecule has 0 rings (SSSR count). The topological polar surface area (TPSA) is 49.3 Å². The number of Topliss-reactive ketones (excluding diaryl/α,β-unsaturated/α-hetero) is 1. The van der Waals surface area contributed by atoms with E-state index in [1.165, 1.54) is 14.0 Å². The van der Waals surface area contributed by atoms with Crippen LogP contribution in [0.2, 0.25) is 0 Å². The van der Waals surface area contributed by atoms with E-state index in [9.17, 15) is 4.79 Å². The maximum absolute atomic E-state index is 10.3. The first-order valence-electron chi connectivity index (χ1n) is 2.15. The zero-order valence-corrected chi connectivity index (χ0v) is 5.70. The number of rotatable bonds is 2. The Labute approximate surface area is 53.5 Å². The highest BCUT2D eigenvalue weighted by molar-refractivity contribution is 7.82. The van der Waals surface area contributed by atoms with Crippen LogP contribution in [0.5, 0.6) is 0 Å². The molecule has 0 fully saturated rings. The fourth-order valence-electron chi connectivity index (χ4n) is 0.176. The Kier molecular flexibility index (Phi) is 2.46. The van der Waals surface area contributed by atoms with Crippen molar-refractivity contribution in [2.45, 2.75) is 12.0 Å². The third-order valence-corrected chi connectivity index (χ3v) is 1.38. The summed E-state index contributed by atoms with van der Waals surface area (Å²) >= 11 is 3.58. The number of carbonyl (C=O) groups excluding carboxylic acids is 1. The fraction of sp³-hybridized carbons (Fsp3) is 0.750. The van der Waals surface area contributed by atoms with Crippen molar-refractivity contribution in [2.24, 2.45) is 0 Å². The first-order valence-corrected chi connectivity index (χ1v) is 2.60. The Morgan fingerprint density at radius 2 is 2.25 bits per heavy atom. The molecule has 0 aromatic carbocycles. The van der Waals surface area contributed by atoms with Crippen molar-refractivity contribution >= 4 is 18.4 Å². The molecule has 0 aliphatic heterocycles. The first-order chi connectivity index (χ1) is 3.50. The molecule has 0 aromatic rings. The van der Waals surface area contributed by atoms with E-state index >= 15 is 0 Å². The molecule has 3 nitrogen and oxygen atoms in total. The van der Waals surface area contributed by atoms with Gasteiger partial charge in [0.05, 0.1) is 0 Å². The lowest BCUT2D eigenvalue weighted by molar-refractivity contribution is -0.128. The van der Waals surface area contributed by atoms with Crippen LogP contribution < -0.4 is 5.32 Å². The van der Waals surface area contributed by atoms with Crippen LogP contribution in [0.15, 0.2) is 0 Å². The zero-order chi connectivity index (χ0) is 6.78. The molecule has 0 bridgehead atoms. The molecular weight excluding hydrogens is 126 g/mol. The van der Waals surface area contributed by atoms with Crippen LogP contribution in [0.25, 0.3) is 0 Å². The standard InChI is InChI=1S/C4H9NO2S/c1-3(6)4(7,8)5-2/h5,7-8H,1-2H3/t4-/m0/s1. The minimum absolute atomic E-state index is 0.414. The quantitative estimate of drug-likeness (QED) is 0.349. The first kappa shape index (κ1) is 7.94. The van der Waals surface area contributed by atoms with Gasteiger partial charge in [-0.3, -0.25) is 10.1 Å². The summed E-state index contributed by atoms with van der Waals surface area (Å²) in [5.41, 5.74) is 0. The lowest BCUT2D eigenvalue weighted by Gasteiger charge is -2.15. The summed E-state index contributed by atoms with van der Waals surface area (Å²) in [6.45, 7) is 1.25. The van der Waals surface area contributed by atoms with Crippen LogP contribution in [0.1, 0.15) is 6.92 Å². The molecule has 1 atom stereocenters. The molecule has 0 heterocycles. The molecule has 0 unspecified atom stereocenters. The largest absolute Gasteiger partial charge is 0.361 e. The van der Waals surface area contributed by atoms with E-state index in [4.69, 9.17) is 5.11 Å². The van der Waals surface area contributed by atoms with Crippen molar-refractivity contribution in [1.82, 2.24) is 5.32 Å². The van der Waals surface area contributed by atoms with Gasteiger partial charge in [0.25, 0.3) is 0 Å². The Balaban J connectivity index is 3.91. The molecule has 0 saturated heterocycles. The summed E-state index contributed by atoms with van der Waals surface area (Å²) in [7, 11) is 1.45. The second-order valence-electron chi connectivity index (χ2n) is 1.48. The van der Waals surface area contributed by atoms with Gasteiger partial charge in [-0.15, -0.1) is 12.6 Å². The Morgan fingerprint density at radius 3 is 2.25 bits per heavy atom. The Hall–Kier alpha value is -0.0600. The van der Waals surface area contributed by atoms with Gasteiger partial charge in [0.1, 0.15) is 0 Å². The molecule has 0 spiro atoms. The van der Waals surface area contributed by atoms with Gasteiger partial charge >= 0.3 is 0 Å². The van der Waals surface area contributed by atoms with Gasteiger partial charge < -0.3 is 5.11 Å². The fourth-order valence-corrected chi connectivity index (χ4v) is 0.176. The Morgan fingerprint density at radius 1 is 1.88 bits per heavy atom. The van der Waals surface area contributed by atoms with Gasteiger partial charge in [-0.05, 0) is 14.0 Å². The zero-order valence-electron chi connectivity index (χ0n) is 4.80. The number of likely N-dealkylation sites (N-methyl/N-ethyl adjacent to an activating group) is 1. The van der Waals surface area contributed by atoms with Gasteiger partial charge in [0, 0.05) is 0 Å². The minimum Gasteiger partial charge on any atom is -0.361 e. The molecular formula is C4H9NO2S. The molecule has 0 saturated carbocycles. The van der Waals surface area contributed by atoms with E-state index in [0.29, 0.717) is 0 Å². The molecule has 0 radical (unpaired) electrons. The van der Waals surface area contributed by atoms with Crippen molar-refractivity contribution in [2.75, 3.05) is 7.05 Å². The summed E-state index contributed by atoms with van der Waals surface area (Å²) in [6.07, 6.45) is 0. The molecule has 8 heavy (non-hydrogen) atoms. The second kappa shape index (κ2) is 2.48. The van der Waals surface area contributed by atoms with E-state index in [1.807, 2.05) is 0 Å². The van der Waals surface area contributed by atoms with E-state index in [0.717, 1.165) is 0 Å². The highest BCUT2D eigenvalue weighted by Gasteiger charge is 2.23. The smallest absolute Gasteiger partial charge is 0.221 e. The lowest BCUT2D eigenvalue weighted by atomic mass is 10.4. The van der Waals surface area contributed by atoms with Crippen molar-refractivity contribution < 1.29 is 9.90 Å². The summed E-state index contributed by atoms with van der Waals surface area (Å²) in [5, 5.41) is 9.46. The third kappa shape index (κ3) is 1.81. The van der Waals surface area contributed by atoms with E-state index < -0.39 is 10.8 Å². The summed E-state index contributed by atoms with van der Waals surface area (Å²) in [5.74, 6) is -0.414. The van der Waals surface area contributed by atoms with Crippen LogP contribution in [0.4, 0.5) is 0 Å². The van der Waals surface area contributed by atoms with Gasteiger partial charge in [-0.1, -0.05) is 0 Å². The number of ketones is 1. The van der Waals surface area contributed by atoms with E-state index in [2.05, 4.69) is 17.9 Å². The molecule has 0 amide bonds. The van der Waals surface area contributed by atoms with Crippen LogP contribution in [0, 0.1) is 0 Å². The van der Waals surface area contributed by atoms with Gasteiger partial charge in [0.15, 0.2) is 5.78 Å². The number of aliphatic hydroxyl groups is 1. The normalized spacial score (nSPS) is 17.5. The highest BCUT2D eigenvalue weighted by Crippen LogP contribution is 2.03.